The van der Waals surface area contributed by atoms with Gasteiger partial charge in [0.15, 0.2) is 0 Å². The number of rotatable bonds is 4. The van der Waals surface area contributed by atoms with E-state index in [1.165, 1.54) is 10.7 Å². The van der Waals surface area contributed by atoms with Crippen molar-refractivity contribution in [1.29, 1.82) is 0 Å². The third kappa shape index (κ3) is 2.57. The van der Waals surface area contributed by atoms with Gasteiger partial charge in [-0.2, -0.15) is 4.68 Å². The first kappa shape index (κ1) is 11.1. The van der Waals surface area contributed by atoms with E-state index in [9.17, 15) is 10.1 Å². The molecule has 0 radical (unpaired) electrons. The van der Waals surface area contributed by atoms with Crippen molar-refractivity contribution < 1.29 is 4.92 Å². The minimum absolute atomic E-state index is 0.145. The number of anilines is 1. The molecule has 0 spiro atoms. The molecule has 0 aliphatic rings. The topological polar surface area (TPSA) is 85.9 Å². The van der Waals surface area contributed by atoms with Crippen molar-refractivity contribution in [3.05, 3.63) is 46.3 Å². The maximum atomic E-state index is 10.5. The molecule has 88 valence electrons. The molecule has 0 aliphatic carbocycles. The third-order valence-corrected chi connectivity index (χ3v) is 2.24. The summed E-state index contributed by atoms with van der Waals surface area (Å²) in [4.78, 5) is 14.0. The Morgan fingerprint density at radius 2 is 2.35 bits per heavy atom. The molecule has 0 fully saturated rings. The standard InChI is InChI=1S/C10H11N5O2/c1-11-9-6-8(2-4-12-9)7-14-5-3-10(13-14)15(16)17/h2-6H,7H2,1H3,(H,11,12). The molecule has 0 aromatic carbocycles. The zero-order valence-corrected chi connectivity index (χ0v) is 9.20. The minimum Gasteiger partial charge on any atom is -0.373 e. The summed E-state index contributed by atoms with van der Waals surface area (Å²) in [6.45, 7) is 0.477. The molecule has 2 aromatic heterocycles. The van der Waals surface area contributed by atoms with E-state index < -0.39 is 4.92 Å². The molecule has 7 nitrogen and oxygen atoms in total. The molecule has 7 heteroatoms. The summed E-state index contributed by atoms with van der Waals surface area (Å²) in [5.41, 5.74) is 0.974. The molecule has 0 saturated carbocycles. The number of hydrogen-bond donors (Lipinski definition) is 1. The average Bonchev–Trinajstić information content (AvgIpc) is 2.78. The largest absolute Gasteiger partial charge is 0.389 e. The fourth-order valence-electron chi connectivity index (χ4n) is 1.43. The van der Waals surface area contributed by atoms with E-state index in [4.69, 9.17) is 0 Å². The number of pyridine rings is 1. The van der Waals surface area contributed by atoms with Crippen molar-refractivity contribution in [2.45, 2.75) is 6.54 Å². The summed E-state index contributed by atoms with van der Waals surface area (Å²) in [6.07, 6.45) is 3.26. The predicted octanol–water partition coefficient (Wildman–Crippen LogP) is 1.28. The lowest BCUT2D eigenvalue weighted by Gasteiger charge is -2.01. The fourth-order valence-corrected chi connectivity index (χ4v) is 1.43. The van der Waals surface area contributed by atoms with Gasteiger partial charge in [-0.25, -0.2) is 4.98 Å². The Morgan fingerprint density at radius 3 is 3.00 bits per heavy atom. The first-order valence-corrected chi connectivity index (χ1v) is 4.99. The highest BCUT2D eigenvalue weighted by atomic mass is 16.6. The van der Waals surface area contributed by atoms with Gasteiger partial charge < -0.3 is 15.4 Å². The summed E-state index contributed by atoms with van der Waals surface area (Å²) in [5, 5.41) is 17.2. The van der Waals surface area contributed by atoms with Gasteiger partial charge >= 0.3 is 5.82 Å². The average molecular weight is 233 g/mol. The van der Waals surface area contributed by atoms with Crippen LogP contribution in [0.2, 0.25) is 0 Å². The van der Waals surface area contributed by atoms with Crippen molar-refractivity contribution in [2.24, 2.45) is 0 Å². The molecule has 0 aliphatic heterocycles. The summed E-state index contributed by atoms with van der Waals surface area (Å²) < 4.78 is 1.52. The summed E-state index contributed by atoms with van der Waals surface area (Å²) in [6, 6.07) is 5.09. The van der Waals surface area contributed by atoms with Gasteiger partial charge in [0.1, 0.15) is 5.82 Å². The van der Waals surface area contributed by atoms with Gasteiger partial charge in [0.25, 0.3) is 0 Å². The van der Waals surface area contributed by atoms with Crippen molar-refractivity contribution in [3.63, 3.8) is 0 Å². The van der Waals surface area contributed by atoms with Crippen LogP contribution in [0.25, 0.3) is 0 Å². The van der Waals surface area contributed by atoms with Crippen molar-refractivity contribution in [3.8, 4) is 0 Å². The van der Waals surface area contributed by atoms with E-state index in [0.29, 0.717) is 6.54 Å². The molecule has 2 heterocycles. The Labute approximate surface area is 97.2 Å². The van der Waals surface area contributed by atoms with Gasteiger partial charge in [0.2, 0.25) is 0 Å². The first-order chi connectivity index (χ1) is 8.19. The van der Waals surface area contributed by atoms with E-state index in [0.717, 1.165) is 11.4 Å². The van der Waals surface area contributed by atoms with Crippen LogP contribution in [-0.4, -0.2) is 26.7 Å². The SMILES string of the molecule is CNc1cc(Cn2ccc([N+](=O)[O-])n2)ccn1. The van der Waals surface area contributed by atoms with Crippen molar-refractivity contribution in [2.75, 3.05) is 12.4 Å². The molecule has 0 unspecified atom stereocenters. The van der Waals surface area contributed by atoms with E-state index >= 15 is 0 Å². The van der Waals surface area contributed by atoms with Gasteiger partial charge in [-0.15, -0.1) is 0 Å². The fraction of sp³-hybridized carbons (Fsp3) is 0.200. The second-order valence-electron chi connectivity index (χ2n) is 3.43. The number of nitrogens with one attached hydrogen (secondary N) is 1. The van der Waals surface area contributed by atoms with Crippen LogP contribution in [0.1, 0.15) is 5.56 Å². The van der Waals surface area contributed by atoms with Crippen LogP contribution in [0.15, 0.2) is 30.6 Å². The molecular weight excluding hydrogens is 222 g/mol. The molecule has 2 aromatic rings. The maximum absolute atomic E-state index is 10.5. The van der Waals surface area contributed by atoms with Crippen LogP contribution >= 0.6 is 0 Å². The molecule has 17 heavy (non-hydrogen) atoms. The molecule has 0 atom stereocenters. The number of hydrogen-bond acceptors (Lipinski definition) is 5. The lowest BCUT2D eigenvalue weighted by atomic mass is 10.2. The van der Waals surface area contributed by atoms with Crippen LogP contribution in [0.4, 0.5) is 11.6 Å². The van der Waals surface area contributed by atoms with Crippen molar-refractivity contribution >= 4 is 11.6 Å². The molecule has 0 saturated heterocycles. The van der Waals surface area contributed by atoms with E-state index in [1.54, 1.807) is 19.4 Å². The Morgan fingerprint density at radius 1 is 1.53 bits per heavy atom. The van der Waals surface area contributed by atoms with Crippen LogP contribution < -0.4 is 5.32 Å². The maximum Gasteiger partial charge on any atom is 0.389 e. The van der Waals surface area contributed by atoms with Crippen LogP contribution in [0.5, 0.6) is 0 Å². The zero-order valence-electron chi connectivity index (χ0n) is 9.20. The highest BCUT2D eigenvalue weighted by Crippen LogP contribution is 2.10. The summed E-state index contributed by atoms with van der Waals surface area (Å²) in [5.74, 6) is 0.608. The lowest BCUT2D eigenvalue weighted by molar-refractivity contribution is -0.389. The Kier molecular flexibility index (Phi) is 2.99. The predicted molar refractivity (Wildman–Crippen MR) is 61.8 cm³/mol. The van der Waals surface area contributed by atoms with Crippen LogP contribution in [0, 0.1) is 10.1 Å². The smallest absolute Gasteiger partial charge is 0.373 e. The molecule has 0 bridgehead atoms. The van der Waals surface area contributed by atoms with Crippen LogP contribution in [0.3, 0.4) is 0 Å². The monoisotopic (exact) mass is 233 g/mol. The number of nitro groups is 1. The second-order valence-corrected chi connectivity index (χ2v) is 3.43. The quantitative estimate of drug-likeness (QED) is 0.635. The minimum atomic E-state index is -0.512. The van der Waals surface area contributed by atoms with Gasteiger partial charge in [-0.3, -0.25) is 0 Å². The Hall–Kier alpha value is -2.44. The third-order valence-electron chi connectivity index (χ3n) is 2.24. The number of nitrogens with zero attached hydrogens (tertiary/aromatic N) is 4. The summed E-state index contributed by atoms with van der Waals surface area (Å²) >= 11 is 0. The van der Waals surface area contributed by atoms with Gasteiger partial charge in [0.05, 0.1) is 23.9 Å². The van der Waals surface area contributed by atoms with Gasteiger partial charge in [-0.05, 0) is 22.6 Å². The Balaban J connectivity index is 2.16. The molecule has 1 N–H and O–H groups in total. The summed E-state index contributed by atoms with van der Waals surface area (Å²) in [7, 11) is 1.78. The lowest BCUT2D eigenvalue weighted by Crippen LogP contribution is -2.02. The van der Waals surface area contributed by atoms with Crippen LogP contribution in [-0.2, 0) is 6.54 Å². The van der Waals surface area contributed by atoms with Crippen molar-refractivity contribution in [1.82, 2.24) is 14.8 Å². The zero-order chi connectivity index (χ0) is 12.3. The van der Waals surface area contributed by atoms with E-state index in [2.05, 4.69) is 15.4 Å². The van der Waals surface area contributed by atoms with E-state index in [1.807, 2.05) is 12.1 Å². The van der Waals surface area contributed by atoms with E-state index in [-0.39, 0.29) is 5.82 Å². The molecular formula is C10H11N5O2. The van der Waals surface area contributed by atoms with Gasteiger partial charge in [-0.1, -0.05) is 0 Å². The highest BCUT2D eigenvalue weighted by Gasteiger charge is 2.10. The normalized spacial score (nSPS) is 10.2. The first-order valence-electron chi connectivity index (χ1n) is 4.99. The van der Waals surface area contributed by atoms with Gasteiger partial charge in [0, 0.05) is 13.2 Å². The molecule has 0 amide bonds. The highest BCUT2D eigenvalue weighted by molar-refractivity contribution is 5.36. The second kappa shape index (κ2) is 4.60. The molecule has 2 rings (SSSR count). The Bertz CT molecular complexity index is 537. The number of aromatic nitrogens is 3.